The fourth-order valence-corrected chi connectivity index (χ4v) is 4.34. The second-order valence-corrected chi connectivity index (χ2v) is 8.78. The summed E-state index contributed by atoms with van der Waals surface area (Å²) in [7, 11) is 0. The van der Waals surface area contributed by atoms with Gasteiger partial charge >= 0.3 is 0 Å². The highest BCUT2D eigenvalue weighted by Gasteiger charge is 2.17. The van der Waals surface area contributed by atoms with E-state index in [9.17, 15) is 9.59 Å². The van der Waals surface area contributed by atoms with Crippen LogP contribution in [0.25, 0.3) is 5.69 Å². The Balaban J connectivity index is 1.43. The van der Waals surface area contributed by atoms with E-state index in [0.717, 1.165) is 17.0 Å². The number of hydrogen-bond donors (Lipinski definition) is 2. The van der Waals surface area contributed by atoms with Crippen LogP contribution in [-0.4, -0.2) is 32.3 Å². The molecule has 0 radical (unpaired) electrons. The molecule has 8 nitrogen and oxygen atoms in total. The molecular weight excluding hydrogens is 458 g/mol. The summed E-state index contributed by atoms with van der Waals surface area (Å²) in [6.07, 6.45) is 0. The molecular formula is C23H21N5O3S2. The van der Waals surface area contributed by atoms with Crippen molar-refractivity contribution in [2.75, 3.05) is 5.75 Å². The van der Waals surface area contributed by atoms with Crippen LogP contribution in [0.2, 0.25) is 0 Å². The third-order valence-electron chi connectivity index (χ3n) is 4.56. The highest BCUT2D eigenvalue weighted by molar-refractivity contribution is 7.99. The zero-order valence-electron chi connectivity index (χ0n) is 17.7. The molecule has 0 saturated carbocycles. The average molecular weight is 480 g/mol. The first-order valence-corrected chi connectivity index (χ1v) is 11.9. The summed E-state index contributed by atoms with van der Waals surface area (Å²) in [5.74, 6) is 0.721. The lowest BCUT2D eigenvalue weighted by atomic mass is 10.2. The largest absolute Gasteiger partial charge is 0.485 e. The van der Waals surface area contributed by atoms with Gasteiger partial charge in [0.05, 0.1) is 10.6 Å². The van der Waals surface area contributed by atoms with E-state index in [-0.39, 0.29) is 24.2 Å². The topological polar surface area (TPSA) is 98.1 Å². The molecule has 0 fully saturated rings. The maximum atomic E-state index is 12.3. The smallest absolute Gasteiger partial charge is 0.279 e. The van der Waals surface area contributed by atoms with E-state index in [4.69, 9.17) is 4.74 Å². The molecule has 0 spiro atoms. The molecule has 10 heteroatoms. The number of ether oxygens (including phenoxy) is 1. The van der Waals surface area contributed by atoms with Gasteiger partial charge in [-0.3, -0.25) is 25.0 Å². The van der Waals surface area contributed by atoms with Gasteiger partial charge in [-0.2, -0.15) is 0 Å². The molecule has 0 unspecified atom stereocenters. The fourth-order valence-electron chi connectivity index (χ4n) is 2.95. The van der Waals surface area contributed by atoms with Crippen LogP contribution in [0.5, 0.6) is 5.75 Å². The minimum atomic E-state index is -0.356. The van der Waals surface area contributed by atoms with Gasteiger partial charge in [0.25, 0.3) is 5.91 Å². The number of aryl methyl sites for hydroxylation is 1. The van der Waals surface area contributed by atoms with Gasteiger partial charge in [-0.05, 0) is 42.1 Å². The van der Waals surface area contributed by atoms with Crippen molar-refractivity contribution >= 4 is 34.9 Å². The number of aromatic nitrogens is 3. The van der Waals surface area contributed by atoms with Crippen molar-refractivity contribution < 1.29 is 14.3 Å². The molecule has 0 aliphatic heterocycles. The van der Waals surface area contributed by atoms with Crippen LogP contribution in [0, 0.1) is 6.92 Å². The third kappa shape index (κ3) is 5.79. The summed E-state index contributed by atoms with van der Waals surface area (Å²) in [5.41, 5.74) is 6.73. The van der Waals surface area contributed by atoms with E-state index in [1.54, 1.807) is 17.5 Å². The molecule has 168 valence electrons. The highest BCUT2D eigenvalue weighted by Crippen LogP contribution is 2.24. The Labute approximate surface area is 199 Å². The summed E-state index contributed by atoms with van der Waals surface area (Å²) < 4.78 is 7.83. The molecule has 4 aromatic rings. The van der Waals surface area contributed by atoms with Crippen molar-refractivity contribution in [3.63, 3.8) is 0 Å². The molecule has 2 aromatic carbocycles. The predicted molar refractivity (Wildman–Crippen MR) is 128 cm³/mol. The second-order valence-electron chi connectivity index (χ2n) is 6.89. The van der Waals surface area contributed by atoms with E-state index < -0.39 is 0 Å². The van der Waals surface area contributed by atoms with E-state index in [1.165, 1.54) is 23.1 Å². The number of amides is 2. The maximum absolute atomic E-state index is 12.3. The van der Waals surface area contributed by atoms with Crippen molar-refractivity contribution in [3.8, 4) is 11.4 Å². The molecule has 0 aliphatic carbocycles. The summed E-state index contributed by atoms with van der Waals surface area (Å²) in [5, 5.41) is 10.9. The van der Waals surface area contributed by atoms with Gasteiger partial charge in [-0.25, -0.2) is 0 Å². The number of thiophene rings is 1. The van der Waals surface area contributed by atoms with Gasteiger partial charge in [0.15, 0.2) is 11.0 Å². The molecule has 0 saturated heterocycles. The molecule has 2 aromatic heterocycles. The highest BCUT2D eigenvalue weighted by atomic mass is 32.2. The first-order chi connectivity index (χ1) is 16.1. The van der Waals surface area contributed by atoms with Crippen molar-refractivity contribution in [2.45, 2.75) is 18.7 Å². The van der Waals surface area contributed by atoms with Crippen molar-refractivity contribution in [3.05, 3.63) is 88.4 Å². The Kier molecular flexibility index (Phi) is 7.38. The minimum absolute atomic E-state index is 0.0499. The van der Waals surface area contributed by atoms with E-state index in [0.29, 0.717) is 15.9 Å². The number of para-hydroxylation sites is 2. The van der Waals surface area contributed by atoms with Gasteiger partial charge in [-0.15, -0.1) is 21.5 Å². The first kappa shape index (κ1) is 22.6. The molecule has 33 heavy (non-hydrogen) atoms. The lowest BCUT2D eigenvalue weighted by Crippen LogP contribution is -2.42. The van der Waals surface area contributed by atoms with Gasteiger partial charge in [0.1, 0.15) is 12.4 Å². The normalized spacial score (nSPS) is 10.6. The number of hydrogen-bond acceptors (Lipinski definition) is 7. The van der Waals surface area contributed by atoms with Crippen LogP contribution in [0.4, 0.5) is 0 Å². The quantitative estimate of drug-likeness (QED) is 0.295. The van der Waals surface area contributed by atoms with Gasteiger partial charge < -0.3 is 4.74 Å². The van der Waals surface area contributed by atoms with Crippen LogP contribution in [0.15, 0.2) is 77.3 Å². The molecule has 2 amide bonds. The predicted octanol–water partition coefficient (Wildman–Crippen LogP) is 3.77. The molecule has 2 N–H and O–H groups in total. The number of thioether (sulfide) groups is 1. The zero-order chi connectivity index (χ0) is 23.0. The minimum Gasteiger partial charge on any atom is -0.485 e. The summed E-state index contributed by atoms with van der Waals surface area (Å²) in [6.45, 7) is 2.20. The number of nitrogens with one attached hydrogen (secondary N) is 2. The Hall–Kier alpha value is -3.63. The Bertz CT molecular complexity index is 1230. The van der Waals surface area contributed by atoms with Crippen molar-refractivity contribution in [1.82, 2.24) is 25.6 Å². The van der Waals surface area contributed by atoms with Gasteiger partial charge in [0.2, 0.25) is 5.91 Å². The summed E-state index contributed by atoms with van der Waals surface area (Å²) >= 11 is 2.51. The Morgan fingerprint density at radius 3 is 2.55 bits per heavy atom. The van der Waals surface area contributed by atoms with Crippen LogP contribution in [0.3, 0.4) is 0 Å². The number of carbonyl (C=O) groups excluding carboxylic acids is 2. The van der Waals surface area contributed by atoms with E-state index in [1.807, 2.05) is 66.1 Å². The number of nitrogens with zero attached hydrogens (tertiary/aromatic N) is 3. The number of benzene rings is 2. The van der Waals surface area contributed by atoms with Crippen molar-refractivity contribution in [1.29, 1.82) is 0 Å². The monoisotopic (exact) mass is 479 g/mol. The average Bonchev–Trinajstić information content (AvgIpc) is 3.51. The van der Waals surface area contributed by atoms with E-state index >= 15 is 0 Å². The second kappa shape index (κ2) is 10.8. The van der Waals surface area contributed by atoms with Crippen LogP contribution in [-0.2, 0) is 11.4 Å². The maximum Gasteiger partial charge on any atom is 0.279 e. The number of hydrazine groups is 1. The SMILES string of the molecule is Cc1ccccc1OCc1nnc(SCC(=O)NNC(=O)c2cccs2)n1-c1ccccc1. The Morgan fingerprint density at radius 1 is 1.00 bits per heavy atom. The fraction of sp³-hybridized carbons (Fsp3) is 0.130. The summed E-state index contributed by atoms with van der Waals surface area (Å²) in [6, 6.07) is 20.9. The lowest BCUT2D eigenvalue weighted by molar-refractivity contribution is -0.119. The molecule has 0 bridgehead atoms. The van der Waals surface area contributed by atoms with Crippen LogP contribution >= 0.6 is 23.1 Å². The standard InChI is InChI=1S/C23H21N5O3S2/c1-16-8-5-6-11-18(16)31-14-20-24-27-23(28(20)17-9-3-2-4-10-17)33-15-21(29)25-26-22(30)19-12-7-13-32-19/h2-13H,14-15H2,1H3,(H,25,29)(H,26,30). The molecule has 2 heterocycles. The number of carbonyl (C=O) groups is 2. The molecule has 0 atom stereocenters. The molecule has 0 aliphatic rings. The van der Waals surface area contributed by atoms with Crippen LogP contribution < -0.4 is 15.6 Å². The molecule has 4 rings (SSSR count). The zero-order valence-corrected chi connectivity index (χ0v) is 19.4. The third-order valence-corrected chi connectivity index (χ3v) is 6.36. The van der Waals surface area contributed by atoms with Crippen LogP contribution in [0.1, 0.15) is 21.1 Å². The van der Waals surface area contributed by atoms with E-state index in [2.05, 4.69) is 21.0 Å². The van der Waals surface area contributed by atoms with Crippen molar-refractivity contribution in [2.24, 2.45) is 0 Å². The Morgan fingerprint density at radius 2 is 1.79 bits per heavy atom. The lowest BCUT2D eigenvalue weighted by Gasteiger charge is -2.12. The van der Waals surface area contributed by atoms with Gasteiger partial charge in [-0.1, -0.05) is 54.2 Å². The number of rotatable bonds is 8. The summed E-state index contributed by atoms with van der Waals surface area (Å²) in [4.78, 5) is 24.8. The van der Waals surface area contributed by atoms with Gasteiger partial charge in [0, 0.05) is 5.69 Å². The first-order valence-electron chi connectivity index (χ1n) is 10.1.